The minimum Gasteiger partial charge on any atom is -0.481 e. The molecule has 2 radical (unpaired) electrons. The zero-order chi connectivity index (χ0) is 7.44. The number of hydrogen-bond acceptors (Lipinski definition) is 2. The summed E-state index contributed by atoms with van der Waals surface area (Å²) in [7, 11) is 0. The van der Waals surface area contributed by atoms with Crippen molar-refractivity contribution in [3.05, 3.63) is 12.2 Å². The van der Waals surface area contributed by atoms with Gasteiger partial charge in [-0.05, 0) is 0 Å². The van der Waals surface area contributed by atoms with Gasteiger partial charge in [-0.1, -0.05) is 6.58 Å². The van der Waals surface area contributed by atoms with Crippen molar-refractivity contribution in [2.75, 3.05) is 0 Å². The van der Waals surface area contributed by atoms with Crippen molar-refractivity contribution >= 4 is 35.0 Å². The predicted octanol–water partition coefficient (Wildman–Crippen LogP) is -0.279. The lowest BCUT2D eigenvalue weighted by molar-refractivity contribution is -0.139. The third-order valence-corrected chi connectivity index (χ3v) is 0.667. The standard InChI is InChI=1S/C5H6O4.Mg/c1-3(5(8)9)2-4(6)7;/h1-2H2,(H,6,7)(H,8,9);. The summed E-state index contributed by atoms with van der Waals surface area (Å²) in [6.45, 7) is 3.01. The lowest BCUT2D eigenvalue weighted by Crippen LogP contribution is -2.04. The lowest BCUT2D eigenvalue weighted by Gasteiger charge is -1.91. The topological polar surface area (TPSA) is 74.6 Å². The third kappa shape index (κ3) is 5.58. The van der Waals surface area contributed by atoms with Gasteiger partial charge in [0.2, 0.25) is 0 Å². The molecule has 0 atom stereocenters. The second-order valence-electron chi connectivity index (χ2n) is 1.48. The van der Waals surface area contributed by atoms with Crippen molar-refractivity contribution in [3.63, 3.8) is 0 Å². The molecule has 0 saturated heterocycles. The van der Waals surface area contributed by atoms with Crippen molar-refractivity contribution in [1.82, 2.24) is 0 Å². The zero-order valence-corrected chi connectivity index (χ0v) is 6.75. The van der Waals surface area contributed by atoms with Crippen molar-refractivity contribution in [1.29, 1.82) is 0 Å². The van der Waals surface area contributed by atoms with Crippen molar-refractivity contribution in [2.24, 2.45) is 0 Å². The van der Waals surface area contributed by atoms with Gasteiger partial charge in [-0.3, -0.25) is 4.79 Å². The maximum absolute atomic E-state index is 9.87. The Kier molecular flexibility index (Phi) is 6.38. The summed E-state index contributed by atoms with van der Waals surface area (Å²) in [5.41, 5.74) is -0.303. The van der Waals surface area contributed by atoms with E-state index in [1.165, 1.54) is 0 Å². The first-order valence-corrected chi connectivity index (χ1v) is 2.17. The Morgan fingerprint density at radius 1 is 1.30 bits per heavy atom. The van der Waals surface area contributed by atoms with Gasteiger partial charge in [0.1, 0.15) is 0 Å². The van der Waals surface area contributed by atoms with Gasteiger partial charge in [0.05, 0.1) is 6.42 Å². The van der Waals surface area contributed by atoms with Gasteiger partial charge in [0, 0.05) is 28.6 Å². The normalized spacial score (nSPS) is 7.60. The Hall–Kier alpha value is -0.554. The van der Waals surface area contributed by atoms with Crippen LogP contribution in [0.4, 0.5) is 0 Å². The van der Waals surface area contributed by atoms with E-state index < -0.39 is 18.4 Å². The average Bonchev–Trinajstić information content (AvgIpc) is 1.63. The maximum atomic E-state index is 9.87. The van der Waals surface area contributed by atoms with Crippen molar-refractivity contribution in [3.8, 4) is 0 Å². The molecule has 0 spiro atoms. The first-order chi connectivity index (χ1) is 4.04. The van der Waals surface area contributed by atoms with Crippen LogP contribution in [0, 0.1) is 0 Å². The van der Waals surface area contributed by atoms with E-state index in [4.69, 9.17) is 10.2 Å². The van der Waals surface area contributed by atoms with E-state index >= 15 is 0 Å². The highest BCUT2D eigenvalue weighted by atomic mass is 24.3. The molecular weight excluding hydrogens is 148 g/mol. The van der Waals surface area contributed by atoms with E-state index in [1.54, 1.807) is 0 Å². The molecule has 0 aliphatic carbocycles. The largest absolute Gasteiger partial charge is 0.481 e. The molecule has 52 valence electrons. The third-order valence-electron chi connectivity index (χ3n) is 0.667. The smallest absolute Gasteiger partial charge is 0.331 e. The van der Waals surface area contributed by atoms with Gasteiger partial charge in [0.25, 0.3) is 0 Å². The number of carboxylic acid groups (broad SMARTS) is 2. The van der Waals surface area contributed by atoms with Gasteiger partial charge in [-0.15, -0.1) is 0 Å². The molecule has 10 heavy (non-hydrogen) atoms. The summed E-state index contributed by atoms with van der Waals surface area (Å²) in [4.78, 5) is 19.7. The number of hydrogen-bond donors (Lipinski definition) is 2. The molecule has 0 amide bonds. The van der Waals surface area contributed by atoms with Crippen molar-refractivity contribution < 1.29 is 19.8 Å². The van der Waals surface area contributed by atoms with E-state index in [-0.39, 0.29) is 28.6 Å². The molecule has 5 heteroatoms. The number of carbonyl (C=O) groups is 2. The summed E-state index contributed by atoms with van der Waals surface area (Å²) < 4.78 is 0. The first-order valence-electron chi connectivity index (χ1n) is 2.17. The van der Waals surface area contributed by atoms with Crippen LogP contribution in [0.5, 0.6) is 0 Å². The van der Waals surface area contributed by atoms with Gasteiger partial charge in [-0.25, -0.2) is 4.79 Å². The summed E-state index contributed by atoms with van der Waals surface area (Å²) in [5.74, 6) is -2.44. The highest BCUT2D eigenvalue weighted by molar-refractivity contribution is 5.91. The van der Waals surface area contributed by atoms with E-state index in [0.29, 0.717) is 0 Å². The van der Waals surface area contributed by atoms with E-state index in [0.717, 1.165) is 0 Å². The quantitative estimate of drug-likeness (QED) is 0.433. The monoisotopic (exact) mass is 154 g/mol. The Morgan fingerprint density at radius 2 is 1.70 bits per heavy atom. The maximum Gasteiger partial charge on any atom is 0.331 e. The van der Waals surface area contributed by atoms with Gasteiger partial charge in [0.15, 0.2) is 0 Å². The van der Waals surface area contributed by atoms with Gasteiger partial charge < -0.3 is 10.2 Å². The molecule has 0 heterocycles. The number of aliphatic carboxylic acids is 2. The lowest BCUT2D eigenvalue weighted by atomic mass is 10.2. The SMILES string of the molecule is C=C(CC(=O)O)C(=O)O.[Mg]. The zero-order valence-electron chi connectivity index (χ0n) is 5.33. The van der Waals surface area contributed by atoms with E-state index in [1.807, 2.05) is 0 Å². The van der Waals surface area contributed by atoms with Gasteiger partial charge >= 0.3 is 11.9 Å². The summed E-state index contributed by atoms with van der Waals surface area (Å²) >= 11 is 0. The number of carboxylic acids is 2. The fourth-order valence-corrected chi connectivity index (χ4v) is 0.258. The molecule has 4 nitrogen and oxygen atoms in total. The number of rotatable bonds is 3. The Balaban J connectivity index is 0. The summed E-state index contributed by atoms with van der Waals surface area (Å²) in [6.07, 6.45) is -0.505. The minimum atomic E-state index is -1.27. The summed E-state index contributed by atoms with van der Waals surface area (Å²) in [5, 5.41) is 16.1. The first kappa shape index (κ1) is 12.2. The second kappa shape index (κ2) is 5.25. The molecule has 0 aliphatic rings. The molecule has 0 aromatic heterocycles. The highest BCUT2D eigenvalue weighted by Crippen LogP contribution is 1.95. The fraction of sp³-hybridized carbons (Fsp3) is 0.200. The molecule has 0 aromatic rings. The van der Waals surface area contributed by atoms with Crippen LogP contribution in [0.15, 0.2) is 12.2 Å². The van der Waals surface area contributed by atoms with Crippen LogP contribution < -0.4 is 0 Å². The molecule has 0 aromatic carbocycles. The molecule has 0 unspecified atom stereocenters. The Morgan fingerprint density at radius 3 is 1.80 bits per heavy atom. The van der Waals surface area contributed by atoms with Crippen LogP contribution in [0.1, 0.15) is 6.42 Å². The fourth-order valence-electron chi connectivity index (χ4n) is 0.258. The van der Waals surface area contributed by atoms with Crippen LogP contribution >= 0.6 is 0 Å². The molecule has 2 N–H and O–H groups in total. The van der Waals surface area contributed by atoms with Crippen LogP contribution in [-0.4, -0.2) is 45.2 Å². The average molecular weight is 154 g/mol. The molecule has 0 aliphatic heterocycles. The molecule has 0 fully saturated rings. The predicted molar refractivity (Wildman–Crippen MR) is 34.8 cm³/mol. The van der Waals surface area contributed by atoms with Crippen molar-refractivity contribution in [2.45, 2.75) is 6.42 Å². The Labute approximate surface area is 73.7 Å². The molecular formula is C5H6MgO4. The molecule has 0 bridgehead atoms. The van der Waals surface area contributed by atoms with E-state index in [2.05, 4.69) is 6.58 Å². The highest BCUT2D eigenvalue weighted by Gasteiger charge is 2.07. The summed E-state index contributed by atoms with van der Waals surface area (Å²) in [6, 6.07) is 0. The molecule has 0 saturated carbocycles. The minimum absolute atomic E-state index is 0. The molecule has 0 rings (SSSR count). The van der Waals surface area contributed by atoms with Crippen LogP contribution in [0.3, 0.4) is 0 Å². The Bertz CT molecular complexity index is 163. The van der Waals surface area contributed by atoms with Gasteiger partial charge in [-0.2, -0.15) is 0 Å². The van der Waals surface area contributed by atoms with Crippen LogP contribution in [0.25, 0.3) is 0 Å². The van der Waals surface area contributed by atoms with Crippen LogP contribution in [0.2, 0.25) is 0 Å². The second-order valence-corrected chi connectivity index (χ2v) is 1.48. The van der Waals surface area contributed by atoms with Crippen LogP contribution in [-0.2, 0) is 9.59 Å². The van der Waals surface area contributed by atoms with E-state index in [9.17, 15) is 9.59 Å².